The van der Waals surface area contributed by atoms with Gasteiger partial charge in [0.2, 0.25) is 0 Å². The van der Waals surface area contributed by atoms with Gasteiger partial charge in [-0.05, 0) is 37.1 Å². The van der Waals surface area contributed by atoms with Crippen LogP contribution in [0.3, 0.4) is 0 Å². The molecule has 2 aromatic heterocycles. The normalized spacial score (nSPS) is 11.1. The van der Waals surface area contributed by atoms with Gasteiger partial charge in [-0.2, -0.15) is 0 Å². The van der Waals surface area contributed by atoms with Gasteiger partial charge in [0, 0.05) is 28.6 Å². The maximum absolute atomic E-state index is 13.2. The summed E-state index contributed by atoms with van der Waals surface area (Å²) in [5, 5.41) is 11.5. The molecule has 22 heavy (non-hydrogen) atoms. The average molecular weight is 333 g/mol. The number of thioether (sulfide) groups is 1. The summed E-state index contributed by atoms with van der Waals surface area (Å²) in [5.41, 5.74) is 3.33. The van der Waals surface area contributed by atoms with E-state index in [0.29, 0.717) is 5.75 Å². The standard InChI is InChI=1S/C16H16FN3S2/c1-10-11(2)21-9-14(10)15-18-19-16(20(15)3)22-8-12-5-4-6-13(17)7-12/h4-7,9H,8H2,1-3H3. The first kappa shape index (κ1) is 15.2. The molecule has 0 aliphatic carbocycles. The lowest BCUT2D eigenvalue weighted by atomic mass is 10.2. The summed E-state index contributed by atoms with van der Waals surface area (Å²) >= 11 is 3.29. The van der Waals surface area contributed by atoms with E-state index in [9.17, 15) is 4.39 Å². The summed E-state index contributed by atoms with van der Waals surface area (Å²) in [5.74, 6) is 1.34. The molecule has 0 spiro atoms. The quantitative estimate of drug-likeness (QED) is 0.654. The van der Waals surface area contributed by atoms with E-state index in [1.165, 1.54) is 16.5 Å². The highest BCUT2D eigenvalue weighted by Gasteiger charge is 2.15. The minimum atomic E-state index is -0.207. The van der Waals surface area contributed by atoms with Gasteiger partial charge in [-0.15, -0.1) is 21.5 Å². The van der Waals surface area contributed by atoms with Crippen LogP contribution in [0.25, 0.3) is 11.4 Å². The van der Waals surface area contributed by atoms with Gasteiger partial charge in [0.15, 0.2) is 11.0 Å². The zero-order valence-corrected chi connectivity index (χ0v) is 14.3. The number of hydrogen-bond acceptors (Lipinski definition) is 4. The van der Waals surface area contributed by atoms with E-state index in [1.807, 2.05) is 17.7 Å². The first-order valence-electron chi connectivity index (χ1n) is 6.88. The van der Waals surface area contributed by atoms with Crippen LogP contribution in [-0.4, -0.2) is 14.8 Å². The fraction of sp³-hybridized carbons (Fsp3) is 0.250. The predicted octanol–water partition coefficient (Wildman–Crippen LogP) is 4.59. The highest BCUT2D eigenvalue weighted by Crippen LogP contribution is 2.31. The first-order chi connectivity index (χ1) is 10.6. The molecule has 0 radical (unpaired) electrons. The van der Waals surface area contributed by atoms with Gasteiger partial charge in [-0.1, -0.05) is 23.9 Å². The summed E-state index contributed by atoms with van der Waals surface area (Å²) in [6, 6.07) is 6.65. The van der Waals surface area contributed by atoms with E-state index in [4.69, 9.17) is 0 Å². The third-order valence-electron chi connectivity index (χ3n) is 3.62. The van der Waals surface area contributed by atoms with Crippen LogP contribution >= 0.6 is 23.1 Å². The molecule has 0 N–H and O–H groups in total. The van der Waals surface area contributed by atoms with Crippen LogP contribution in [0, 0.1) is 19.7 Å². The van der Waals surface area contributed by atoms with Gasteiger partial charge in [0.1, 0.15) is 5.82 Å². The Morgan fingerprint density at radius 1 is 1.27 bits per heavy atom. The molecule has 3 aromatic rings. The molecule has 0 aliphatic heterocycles. The van der Waals surface area contributed by atoms with E-state index in [1.54, 1.807) is 35.2 Å². The van der Waals surface area contributed by atoms with E-state index >= 15 is 0 Å². The second kappa shape index (κ2) is 6.22. The van der Waals surface area contributed by atoms with Crippen molar-refractivity contribution in [1.29, 1.82) is 0 Å². The lowest BCUT2D eigenvalue weighted by molar-refractivity contribution is 0.626. The molecule has 114 valence electrons. The topological polar surface area (TPSA) is 30.7 Å². The molecule has 1 aromatic carbocycles. The Balaban J connectivity index is 1.80. The first-order valence-corrected chi connectivity index (χ1v) is 8.74. The zero-order chi connectivity index (χ0) is 15.7. The Morgan fingerprint density at radius 2 is 2.09 bits per heavy atom. The number of hydrogen-bond donors (Lipinski definition) is 0. The third-order valence-corrected chi connectivity index (χ3v) is 5.72. The SMILES string of the molecule is Cc1scc(-c2nnc(SCc3cccc(F)c3)n2C)c1C. The largest absolute Gasteiger partial charge is 0.305 e. The van der Waals surface area contributed by atoms with Crippen LogP contribution in [0.15, 0.2) is 34.8 Å². The smallest absolute Gasteiger partial charge is 0.191 e. The van der Waals surface area contributed by atoms with Gasteiger partial charge in [0.25, 0.3) is 0 Å². The Hall–Kier alpha value is -1.66. The minimum absolute atomic E-state index is 0.207. The molecular weight excluding hydrogens is 317 g/mol. The number of aryl methyl sites for hydroxylation is 1. The van der Waals surface area contributed by atoms with Gasteiger partial charge < -0.3 is 4.57 Å². The minimum Gasteiger partial charge on any atom is -0.305 e. The third kappa shape index (κ3) is 2.94. The fourth-order valence-corrected chi connectivity index (χ4v) is 3.90. The highest BCUT2D eigenvalue weighted by atomic mass is 32.2. The number of benzene rings is 1. The van der Waals surface area contributed by atoms with Gasteiger partial charge >= 0.3 is 0 Å². The van der Waals surface area contributed by atoms with E-state index in [0.717, 1.165) is 22.1 Å². The molecular formula is C16H16FN3S2. The highest BCUT2D eigenvalue weighted by molar-refractivity contribution is 7.98. The van der Waals surface area contributed by atoms with Crippen LogP contribution in [0.1, 0.15) is 16.0 Å². The Bertz CT molecular complexity index is 808. The van der Waals surface area contributed by atoms with E-state index in [-0.39, 0.29) is 5.82 Å². The second-order valence-corrected chi connectivity index (χ2v) is 7.14. The van der Waals surface area contributed by atoms with Crippen molar-refractivity contribution >= 4 is 23.1 Å². The van der Waals surface area contributed by atoms with Crippen molar-refractivity contribution in [2.45, 2.75) is 24.8 Å². The van der Waals surface area contributed by atoms with Crippen molar-refractivity contribution in [3.05, 3.63) is 51.5 Å². The van der Waals surface area contributed by atoms with Crippen LogP contribution in [0.4, 0.5) is 4.39 Å². The van der Waals surface area contributed by atoms with Crippen LogP contribution in [0.2, 0.25) is 0 Å². The lowest BCUT2D eigenvalue weighted by Crippen LogP contribution is -1.95. The van der Waals surface area contributed by atoms with Crippen molar-refractivity contribution in [2.24, 2.45) is 7.05 Å². The summed E-state index contributed by atoms with van der Waals surface area (Å²) in [6.07, 6.45) is 0. The molecule has 6 heteroatoms. The molecule has 0 aliphatic rings. The Kier molecular flexibility index (Phi) is 4.31. The predicted molar refractivity (Wildman–Crippen MR) is 89.8 cm³/mol. The van der Waals surface area contributed by atoms with Gasteiger partial charge in [-0.3, -0.25) is 0 Å². The molecule has 0 saturated carbocycles. The maximum atomic E-state index is 13.2. The molecule has 3 nitrogen and oxygen atoms in total. The number of thiophene rings is 1. The number of rotatable bonds is 4. The maximum Gasteiger partial charge on any atom is 0.191 e. The fourth-order valence-electron chi connectivity index (χ4n) is 2.18. The molecule has 0 atom stereocenters. The summed E-state index contributed by atoms with van der Waals surface area (Å²) < 4.78 is 15.2. The summed E-state index contributed by atoms with van der Waals surface area (Å²) in [6.45, 7) is 4.22. The summed E-state index contributed by atoms with van der Waals surface area (Å²) in [7, 11) is 1.97. The van der Waals surface area contributed by atoms with Crippen molar-refractivity contribution in [2.75, 3.05) is 0 Å². The molecule has 0 bridgehead atoms. The average Bonchev–Trinajstić information content (AvgIpc) is 3.01. The lowest BCUT2D eigenvalue weighted by Gasteiger charge is -2.04. The summed E-state index contributed by atoms with van der Waals surface area (Å²) in [4.78, 5) is 1.30. The molecule has 0 saturated heterocycles. The Morgan fingerprint density at radius 3 is 2.77 bits per heavy atom. The second-order valence-electron chi connectivity index (χ2n) is 5.11. The molecule has 2 heterocycles. The monoisotopic (exact) mass is 333 g/mol. The van der Waals surface area contributed by atoms with Crippen molar-refractivity contribution in [3.8, 4) is 11.4 Å². The van der Waals surface area contributed by atoms with Crippen molar-refractivity contribution in [1.82, 2.24) is 14.8 Å². The molecule has 0 fully saturated rings. The van der Waals surface area contributed by atoms with Crippen LogP contribution in [0.5, 0.6) is 0 Å². The number of nitrogens with zero attached hydrogens (tertiary/aromatic N) is 3. The molecule has 3 rings (SSSR count). The molecule has 0 unspecified atom stereocenters. The number of halogens is 1. The molecule has 0 amide bonds. The Labute approximate surface area is 137 Å². The van der Waals surface area contributed by atoms with Crippen molar-refractivity contribution in [3.63, 3.8) is 0 Å². The van der Waals surface area contributed by atoms with E-state index < -0.39 is 0 Å². The zero-order valence-electron chi connectivity index (χ0n) is 12.6. The van der Waals surface area contributed by atoms with Gasteiger partial charge in [0.05, 0.1) is 0 Å². The van der Waals surface area contributed by atoms with Crippen molar-refractivity contribution < 1.29 is 4.39 Å². The van der Waals surface area contributed by atoms with E-state index in [2.05, 4.69) is 29.4 Å². The van der Waals surface area contributed by atoms with Crippen LogP contribution < -0.4 is 0 Å². The van der Waals surface area contributed by atoms with Gasteiger partial charge in [-0.25, -0.2) is 4.39 Å². The number of aromatic nitrogens is 3. The van der Waals surface area contributed by atoms with Crippen LogP contribution in [-0.2, 0) is 12.8 Å².